The van der Waals surface area contributed by atoms with Gasteiger partial charge >= 0.3 is 11.9 Å². The van der Waals surface area contributed by atoms with Crippen molar-refractivity contribution in [1.29, 1.82) is 0 Å². The minimum Gasteiger partial charge on any atom is -0.465 e. The Morgan fingerprint density at radius 3 is 2.33 bits per heavy atom. The zero-order chi connectivity index (χ0) is 24.0. The number of carbonyl (C=O) groups excluding carboxylic acids is 3. The normalized spacial score (nSPS) is 10.4. The van der Waals surface area contributed by atoms with Crippen LogP contribution in [0.5, 0.6) is 0 Å². The number of rotatable bonds is 8. The van der Waals surface area contributed by atoms with E-state index in [1.165, 1.54) is 50.6 Å². The molecule has 2 aromatic carbocycles. The molecule has 33 heavy (non-hydrogen) atoms. The maximum atomic E-state index is 12.4. The van der Waals surface area contributed by atoms with E-state index in [1.807, 2.05) is 0 Å². The van der Waals surface area contributed by atoms with Crippen LogP contribution in [0.4, 0.5) is 11.4 Å². The van der Waals surface area contributed by atoms with Crippen molar-refractivity contribution in [3.05, 3.63) is 63.7 Å². The van der Waals surface area contributed by atoms with Gasteiger partial charge in [-0.25, -0.2) is 9.59 Å². The Balaban J connectivity index is 1.67. The van der Waals surface area contributed by atoms with E-state index < -0.39 is 22.8 Å². The lowest BCUT2D eigenvalue weighted by Gasteiger charge is -2.09. The van der Waals surface area contributed by atoms with Crippen LogP contribution in [0, 0.1) is 10.1 Å². The third kappa shape index (κ3) is 5.92. The van der Waals surface area contributed by atoms with Gasteiger partial charge in [-0.1, -0.05) is 17.8 Å². The molecule has 1 N–H and O–H groups in total. The maximum absolute atomic E-state index is 12.4. The van der Waals surface area contributed by atoms with Crippen LogP contribution in [0.3, 0.4) is 0 Å². The van der Waals surface area contributed by atoms with Crippen molar-refractivity contribution in [1.82, 2.24) is 10.2 Å². The predicted molar refractivity (Wildman–Crippen MR) is 115 cm³/mol. The summed E-state index contributed by atoms with van der Waals surface area (Å²) in [5, 5.41) is 21.2. The standard InChI is InChI=1S/C20H16N4O8S/c1-30-18(26)12-6-13(19(27)31-2)8-14(7-12)21-16(25)10-33-20-23-22-17(32-20)11-4-3-5-15(9-11)24(28)29/h3-9H,10H2,1-2H3,(H,21,25). The lowest BCUT2D eigenvalue weighted by molar-refractivity contribution is -0.384. The van der Waals surface area contributed by atoms with E-state index in [1.54, 1.807) is 6.07 Å². The highest BCUT2D eigenvalue weighted by atomic mass is 32.2. The topological polar surface area (TPSA) is 164 Å². The second-order valence-electron chi connectivity index (χ2n) is 6.30. The number of carbonyl (C=O) groups is 3. The molecule has 3 rings (SSSR count). The van der Waals surface area contributed by atoms with Crippen LogP contribution < -0.4 is 5.32 Å². The van der Waals surface area contributed by atoms with Crippen molar-refractivity contribution in [3.63, 3.8) is 0 Å². The number of nitrogens with zero attached hydrogens (tertiary/aromatic N) is 3. The van der Waals surface area contributed by atoms with Gasteiger partial charge in [-0.2, -0.15) is 0 Å². The van der Waals surface area contributed by atoms with Crippen molar-refractivity contribution in [2.45, 2.75) is 5.22 Å². The summed E-state index contributed by atoms with van der Waals surface area (Å²) < 4.78 is 14.8. The third-order valence-corrected chi connectivity index (χ3v) is 4.91. The van der Waals surface area contributed by atoms with E-state index in [2.05, 4.69) is 25.0 Å². The molecule has 0 radical (unpaired) electrons. The molecule has 0 aliphatic carbocycles. The molecule has 12 nitrogen and oxygen atoms in total. The van der Waals surface area contributed by atoms with E-state index in [4.69, 9.17) is 4.42 Å². The molecule has 0 unspecified atom stereocenters. The number of anilines is 1. The highest BCUT2D eigenvalue weighted by Crippen LogP contribution is 2.26. The van der Waals surface area contributed by atoms with Crippen LogP contribution >= 0.6 is 11.8 Å². The second-order valence-corrected chi connectivity index (χ2v) is 7.23. The summed E-state index contributed by atoms with van der Waals surface area (Å²) in [6, 6.07) is 9.69. The highest BCUT2D eigenvalue weighted by molar-refractivity contribution is 7.99. The van der Waals surface area contributed by atoms with Gasteiger partial charge < -0.3 is 19.2 Å². The summed E-state index contributed by atoms with van der Waals surface area (Å²) >= 11 is 0.934. The molecule has 0 atom stereocenters. The Labute approximate surface area is 190 Å². The Morgan fingerprint density at radius 1 is 1.06 bits per heavy atom. The first kappa shape index (κ1) is 23.4. The first-order valence-corrected chi connectivity index (χ1v) is 10.1. The molecule has 1 amide bonds. The smallest absolute Gasteiger partial charge is 0.337 e. The van der Waals surface area contributed by atoms with Crippen molar-refractivity contribution in [2.24, 2.45) is 0 Å². The van der Waals surface area contributed by atoms with Gasteiger partial charge in [-0.05, 0) is 24.3 Å². The van der Waals surface area contributed by atoms with Gasteiger partial charge in [0.1, 0.15) is 0 Å². The van der Waals surface area contributed by atoms with Crippen LogP contribution in [0.25, 0.3) is 11.5 Å². The molecule has 3 aromatic rings. The highest BCUT2D eigenvalue weighted by Gasteiger charge is 2.17. The molecular weight excluding hydrogens is 456 g/mol. The number of hydrogen-bond donors (Lipinski definition) is 1. The maximum Gasteiger partial charge on any atom is 0.337 e. The van der Waals surface area contributed by atoms with Crippen LogP contribution in [0.15, 0.2) is 52.1 Å². The Hall–Kier alpha value is -4.26. The Bertz CT molecular complexity index is 1190. The molecule has 170 valence electrons. The van der Waals surface area contributed by atoms with E-state index >= 15 is 0 Å². The van der Waals surface area contributed by atoms with E-state index in [9.17, 15) is 24.5 Å². The number of non-ortho nitro benzene ring substituents is 1. The number of esters is 2. The molecule has 0 bridgehead atoms. The molecule has 0 saturated carbocycles. The number of benzene rings is 2. The number of nitro benzene ring substituents is 1. The average molecular weight is 472 g/mol. The quantitative estimate of drug-likeness (QED) is 0.222. The van der Waals surface area contributed by atoms with Gasteiger partial charge in [-0.15, -0.1) is 10.2 Å². The Kier molecular flexibility index (Phi) is 7.35. The number of ether oxygens (including phenoxy) is 2. The van der Waals surface area contributed by atoms with Gasteiger partial charge in [0.05, 0.1) is 36.0 Å². The minimum absolute atomic E-state index is 0.0573. The first-order valence-electron chi connectivity index (χ1n) is 9.13. The van der Waals surface area contributed by atoms with Crippen LogP contribution in [-0.2, 0) is 14.3 Å². The van der Waals surface area contributed by atoms with E-state index in [-0.39, 0.29) is 39.4 Å². The SMILES string of the molecule is COC(=O)c1cc(NC(=O)CSc2nnc(-c3cccc([N+](=O)[O-])c3)o2)cc(C(=O)OC)c1. The summed E-state index contributed by atoms with van der Waals surface area (Å²) in [5.41, 5.74) is 0.540. The summed E-state index contributed by atoms with van der Waals surface area (Å²) in [6.07, 6.45) is 0. The fourth-order valence-corrected chi connectivity index (χ4v) is 3.20. The van der Waals surface area contributed by atoms with Crippen molar-refractivity contribution < 1.29 is 33.2 Å². The fraction of sp³-hybridized carbons (Fsp3) is 0.150. The van der Waals surface area contributed by atoms with Crippen LogP contribution in [-0.4, -0.2) is 52.9 Å². The van der Waals surface area contributed by atoms with Gasteiger partial charge in [0.2, 0.25) is 11.8 Å². The van der Waals surface area contributed by atoms with Gasteiger partial charge in [0.25, 0.3) is 10.9 Å². The summed E-state index contributed by atoms with van der Waals surface area (Å²) in [5.74, 6) is -1.93. The summed E-state index contributed by atoms with van der Waals surface area (Å²) in [6.45, 7) is 0. The second kappa shape index (κ2) is 10.4. The largest absolute Gasteiger partial charge is 0.465 e. The number of amides is 1. The lowest BCUT2D eigenvalue weighted by Crippen LogP contribution is -2.16. The number of thioether (sulfide) groups is 1. The van der Waals surface area contributed by atoms with Crippen LogP contribution in [0.2, 0.25) is 0 Å². The van der Waals surface area contributed by atoms with Crippen molar-refractivity contribution in [3.8, 4) is 11.5 Å². The lowest BCUT2D eigenvalue weighted by atomic mass is 10.1. The number of nitrogens with one attached hydrogen (secondary N) is 1. The number of nitro groups is 1. The molecular formula is C20H16N4O8S. The monoisotopic (exact) mass is 472 g/mol. The van der Waals surface area contributed by atoms with Gasteiger partial charge in [0, 0.05) is 23.4 Å². The van der Waals surface area contributed by atoms with Gasteiger partial charge in [-0.3, -0.25) is 14.9 Å². The molecule has 1 aromatic heterocycles. The first-order chi connectivity index (χ1) is 15.8. The van der Waals surface area contributed by atoms with E-state index in [0.717, 1.165) is 11.8 Å². The summed E-state index contributed by atoms with van der Waals surface area (Å²) in [7, 11) is 2.38. The molecule has 0 fully saturated rings. The average Bonchev–Trinajstić information content (AvgIpc) is 3.30. The number of methoxy groups -OCH3 is 2. The predicted octanol–water partition coefficient (Wildman–Crippen LogP) is 2.95. The van der Waals surface area contributed by atoms with E-state index in [0.29, 0.717) is 5.56 Å². The fourth-order valence-electron chi connectivity index (χ4n) is 2.63. The number of hydrogen-bond acceptors (Lipinski definition) is 11. The zero-order valence-corrected chi connectivity index (χ0v) is 18.1. The minimum atomic E-state index is -0.690. The van der Waals surface area contributed by atoms with Crippen molar-refractivity contribution >= 4 is 41.0 Å². The Morgan fingerprint density at radius 2 is 1.73 bits per heavy atom. The van der Waals surface area contributed by atoms with Crippen molar-refractivity contribution in [2.75, 3.05) is 25.3 Å². The molecule has 1 heterocycles. The molecule has 0 aliphatic heterocycles. The van der Waals surface area contributed by atoms with Gasteiger partial charge in [0.15, 0.2) is 0 Å². The van der Waals surface area contributed by atoms with Crippen LogP contribution in [0.1, 0.15) is 20.7 Å². The molecule has 0 spiro atoms. The molecule has 0 saturated heterocycles. The molecule has 13 heteroatoms. The molecule has 0 aliphatic rings. The zero-order valence-electron chi connectivity index (χ0n) is 17.3. The third-order valence-electron chi connectivity index (χ3n) is 4.10. The number of aromatic nitrogens is 2. The summed E-state index contributed by atoms with van der Waals surface area (Å²) in [4.78, 5) is 46.4.